The molecule has 1 unspecified atom stereocenters. The molecule has 1 aromatic heterocycles. The maximum absolute atomic E-state index is 13.2. The number of hydrogen-bond acceptors (Lipinski definition) is 5. The number of carbonyl (C=O) groups is 1. The first kappa shape index (κ1) is 18.9. The number of nitrogens with one attached hydrogen (secondary N) is 1. The maximum atomic E-state index is 13.2. The van der Waals surface area contributed by atoms with Crippen LogP contribution in [0.15, 0.2) is 45.1 Å². The Labute approximate surface area is 167 Å². The molecule has 1 N–H and O–H groups in total. The van der Waals surface area contributed by atoms with Crippen molar-refractivity contribution < 1.29 is 4.79 Å². The highest BCUT2D eigenvalue weighted by Crippen LogP contribution is 2.47. The second kappa shape index (κ2) is 6.31. The molecule has 148 valence electrons. The van der Waals surface area contributed by atoms with Crippen molar-refractivity contribution >= 4 is 11.6 Å². The lowest BCUT2D eigenvalue weighted by molar-refractivity contribution is -0.118. The number of aromatic nitrogens is 2. The SMILES string of the molecule is Cn1c2c(c(=O)n(C)c1=O)C(c1ccc(C#N)cc1)C1=C(CC(C)(C)CC1=O)N2. The van der Waals surface area contributed by atoms with Gasteiger partial charge in [-0.1, -0.05) is 26.0 Å². The standard InChI is InChI=1S/C22H22N4O3/c1-22(2)9-14-17(15(27)10-22)16(13-7-5-12(11-23)6-8-13)18-19(24-14)25(3)21(29)26(4)20(18)28/h5-8,16,24H,9-10H2,1-4H3. The molecule has 7 heteroatoms. The van der Waals surface area contributed by atoms with Crippen molar-refractivity contribution in [3.8, 4) is 6.07 Å². The van der Waals surface area contributed by atoms with Gasteiger partial charge in [0.2, 0.25) is 0 Å². The third kappa shape index (κ3) is 2.83. The summed E-state index contributed by atoms with van der Waals surface area (Å²) in [7, 11) is 3.06. The highest BCUT2D eigenvalue weighted by molar-refractivity contribution is 6.01. The molecule has 2 aromatic rings. The van der Waals surface area contributed by atoms with Crippen LogP contribution in [0.5, 0.6) is 0 Å². The van der Waals surface area contributed by atoms with Gasteiger partial charge in [-0.05, 0) is 29.5 Å². The van der Waals surface area contributed by atoms with Crippen LogP contribution in [0.25, 0.3) is 0 Å². The molecule has 0 spiro atoms. The van der Waals surface area contributed by atoms with Crippen molar-refractivity contribution in [3.63, 3.8) is 0 Å². The Kier molecular flexibility index (Phi) is 4.12. The van der Waals surface area contributed by atoms with Crippen molar-refractivity contribution in [1.29, 1.82) is 5.26 Å². The van der Waals surface area contributed by atoms with Gasteiger partial charge >= 0.3 is 5.69 Å². The van der Waals surface area contributed by atoms with Crippen LogP contribution in [-0.2, 0) is 18.9 Å². The Morgan fingerprint density at radius 2 is 1.72 bits per heavy atom. The summed E-state index contributed by atoms with van der Waals surface area (Å²) in [6.45, 7) is 4.07. The first-order valence-electron chi connectivity index (χ1n) is 9.48. The van der Waals surface area contributed by atoms with Gasteiger partial charge in [0.1, 0.15) is 5.82 Å². The zero-order chi connectivity index (χ0) is 21.1. The molecular formula is C22H22N4O3. The monoisotopic (exact) mass is 390 g/mol. The Balaban J connectivity index is 2.06. The van der Waals surface area contributed by atoms with E-state index in [0.717, 1.165) is 15.8 Å². The lowest BCUT2D eigenvalue weighted by Gasteiger charge is -2.39. The summed E-state index contributed by atoms with van der Waals surface area (Å²) >= 11 is 0. The summed E-state index contributed by atoms with van der Waals surface area (Å²) in [5.74, 6) is -0.153. The highest BCUT2D eigenvalue weighted by Gasteiger charge is 2.42. The van der Waals surface area contributed by atoms with Crippen LogP contribution in [0.2, 0.25) is 0 Å². The van der Waals surface area contributed by atoms with Gasteiger partial charge in [-0.3, -0.25) is 18.7 Å². The molecule has 1 aromatic carbocycles. The number of nitriles is 1. The molecule has 0 amide bonds. The lowest BCUT2D eigenvalue weighted by Crippen LogP contribution is -2.45. The lowest BCUT2D eigenvalue weighted by atomic mass is 9.69. The fraction of sp³-hybridized carbons (Fsp3) is 0.364. The van der Waals surface area contributed by atoms with E-state index in [1.807, 2.05) is 13.8 Å². The summed E-state index contributed by atoms with van der Waals surface area (Å²) in [6.07, 6.45) is 1.03. The van der Waals surface area contributed by atoms with Gasteiger partial charge in [0.25, 0.3) is 5.56 Å². The number of ketones is 1. The highest BCUT2D eigenvalue weighted by atomic mass is 16.2. The van der Waals surface area contributed by atoms with E-state index >= 15 is 0 Å². The first-order valence-corrected chi connectivity index (χ1v) is 9.48. The number of allylic oxidation sites excluding steroid dienone is 2. The number of rotatable bonds is 1. The molecule has 1 atom stereocenters. The molecule has 29 heavy (non-hydrogen) atoms. The van der Waals surface area contributed by atoms with Gasteiger partial charge < -0.3 is 5.32 Å². The summed E-state index contributed by atoms with van der Waals surface area (Å²) in [4.78, 5) is 38.8. The summed E-state index contributed by atoms with van der Waals surface area (Å²) in [5, 5.41) is 12.4. The van der Waals surface area contributed by atoms with E-state index in [-0.39, 0.29) is 11.2 Å². The van der Waals surface area contributed by atoms with Crippen molar-refractivity contribution in [3.05, 3.63) is 73.1 Å². The molecule has 1 aliphatic heterocycles. The van der Waals surface area contributed by atoms with E-state index in [1.165, 1.54) is 11.6 Å². The minimum Gasteiger partial charge on any atom is -0.344 e. The van der Waals surface area contributed by atoms with E-state index in [1.54, 1.807) is 31.3 Å². The zero-order valence-corrected chi connectivity index (χ0v) is 16.9. The van der Waals surface area contributed by atoms with Gasteiger partial charge in [-0.15, -0.1) is 0 Å². The molecule has 0 saturated heterocycles. The summed E-state index contributed by atoms with van der Waals surface area (Å²) in [5.41, 5.74) is 1.91. The second-order valence-electron chi connectivity index (χ2n) is 8.59. The molecule has 0 fully saturated rings. The van der Waals surface area contributed by atoms with Crippen LogP contribution < -0.4 is 16.6 Å². The van der Waals surface area contributed by atoms with Gasteiger partial charge in [0.05, 0.1) is 17.2 Å². The average Bonchev–Trinajstić information content (AvgIpc) is 2.68. The molecule has 0 radical (unpaired) electrons. The number of hydrogen-bond donors (Lipinski definition) is 1. The van der Waals surface area contributed by atoms with Gasteiger partial charge in [0.15, 0.2) is 5.78 Å². The van der Waals surface area contributed by atoms with Crippen molar-refractivity contribution in [2.75, 3.05) is 5.32 Å². The molecule has 0 saturated carbocycles. The minimum absolute atomic E-state index is 0.000309. The zero-order valence-electron chi connectivity index (χ0n) is 16.9. The van der Waals surface area contributed by atoms with E-state index in [9.17, 15) is 14.4 Å². The first-order chi connectivity index (χ1) is 13.6. The Hall–Kier alpha value is -3.40. The van der Waals surface area contributed by atoms with Gasteiger partial charge in [0, 0.05) is 37.7 Å². The predicted octanol–water partition coefficient (Wildman–Crippen LogP) is 2.16. The molecule has 2 heterocycles. The van der Waals surface area contributed by atoms with Crippen LogP contribution in [-0.4, -0.2) is 14.9 Å². The number of carbonyl (C=O) groups excluding carboxylic acids is 1. The van der Waals surface area contributed by atoms with Crippen LogP contribution in [0.4, 0.5) is 5.82 Å². The largest absolute Gasteiger partial charge is 0.344 e. The average molecular weight is 390 g/mol. The third-order valence-corrected chi connectivity index (χ3v) is 5.84. The molecular weight excluding hydrogens is 368 g/mol. The van der Waals surface area contributed by atoms with E-state index in [4.69, 9.17) is 5.26 Å². The number of anilines is 1. The molecule has 2 aliphatic rings. The van der Waals surface area contributed by atoms with Gasteiger partial charge in [-0.25, -0.2) is 4.79 Å². The van der Waals surface area contributed by atoms with E-state index in [0.29, 0.717) is 35.4 Å². The van der Waals surface area contributed by atoms with E-state index in [2.05, 4.69) is 11.4 Å². The van der Waals surface area contributed by atoms with Crippen molar-refractivity contribution in [2.45, 2.75) is 32.6 Å². The number of nitrogens with zero attached hydrogens (tertiary/aromatic N) is 3. The van der Waals surface area contributed by atoms with Gasteiger partial charge in [-0.2, -0.15) is 5.26 Å². The predicted molar refractivity (Wildman–Crippen MR) is 109 cm³/mol. The number of benzene rings is 1. The fourth-order valence-electron chi connectivity index (χ4n) is 4.43. The number of fused-ring (bicyclic) bond motifs is 1. The fourth-order valence-corrected chi connectivity index (χ4v) is 4.43. The second-order valence-corrected chi connectivity index (χ2v) is 8.59. The topological polar surface area (TPSA) is 96.9 Å². The van der Waals surface area contributed by atoms with Crippen molar-refractivity contribution in [1.82, 2.24) is 9.13 Å². The van der Waals surface area contributed by atoms with E-state index < -0.39 is 17.2 Å². The molecule has 4 rings (SSSR count). The Morgan fingerprint density at radius 1 is 1.07 bits per heavy atom. The smallest absolute Gasteiger partial charge is 0.332 e. The number of Topliss-reactive ketones (excluding diaryl/α,β-unsaturated/α-hetero) is 1. The normalized spacial score (nSPS) is 19.8. The Bertz CT molecular complexity index is 1240. The molecule has 7 nitrogen and oxygen atoms in total. The third-order valence-electron chi connectivity index (χ3n) is 5.84. The van der Waals surface area contributed by atoms with Crippen LogP contribution >= 0.6 is 0 Å². The summed E-state index contributed by atoms with van der Waals surface area (Å²) in [6, 6.07) is 9.01. The quantitative estimate of drug-likeness (QED) is 0.805. The van der Waals surface area contributed by atoms with Crippen molar-refractivity contribution in [2.24, 2.45) is 19.5 Å². The summed E-state index contributed by atoms with van der Waals surface area (Å²) < 4.78 is 2.49. The molecule has 0 bridgehead atoms. The van der Waals surface area contributed by atoms with Crippen LogP contribution in [0.1, 0.15) is 49.3 Å². The maximum Gasteiger partial charge on any atom is 0.332 e. The van der Waals surface area contributed by atoms with Crippen LogP contribution in [0, 0.1) is 16.7 Å². The Morgan fingerprint density at radius 3 is 2.34 bits per heavy atom. The minimum atomic E-state index is -0.580. The van der Waals surface area contributed by atoms with Crippen LogP contribution in [0.3, 0.4) is 0 Å². The molecule has 1 aliphatic carbocycles.